The van der Waals surface area contributed by atoms with E-state index in [9.17, 15) is 4.79 Å². The highest BCUT2D eigenvalue weighted by molar-refractivity contribution is 5.78. The summed E-state index contributed by atoms with van der Waals surface area (Å²) in [5, 5.41) is 2.95. The van der Waals surface area contributed by atoms with Gasteiger partial charge >= 0.3 is 0 Å². The third-order valence-electron chi connectivity index (χ3n) is 3.79. The van der Waals surface area contributed by atoms with Gasteiger partial charge in [0.15, 0.2) is 11.5 Å². The van der Waals surface area contributed by atoms with E-state index in [2.05, 4.69) is 12.2 Å². The smallest absolute Gasteiger partial charge is 0.224 e. The van der Waals surface area contributed by atoms with Crippen LogP contribution in [0.5, 0.6) is 11.5 Å². The Labute approximate surface area is 143 Å². The van der Waals surface area contributed by atoms with Crippen molar-refractivity contribution in [2.45, 2.75) is 33.2 Å². The van der Waals surface area contributed by atoms with Crippen molar-refractivity contribution in [3.05, 3.63) is 59.2 Å². The maximum Gasteiger partial charge on any atom is 0.224 e. The van der Waals surface area contributed by atoms with Gasteiger partial charge in [0.25, 0.3) is 0 Å². The van der Waals surface area contributed by atoms with Crippen LogP contribution in [0.2, 0.25) is 0 Å². The summed E-state index contributed by atoms with van der Waals surface area (Å²) in [4.78, 5) is 12.1. The molecule has 1 N–H and O–H groups in total. The number of aryl methyl sites for hydroxylation is 1. The van der Waals surface area contributed by atoms with Crippen LogP contribution in [-0.4, -0.2) is 19.6 Å². The van der Waals surface area contributed by atoms with Gasteiger partial charge in [-0.05, 0) is 42.2 Å². The maximum absolute atomic E-state index is 12.1. The number of carbonyl (C=O) groups excluding carboxylic acids is 1. The fourth-order valence-corrected chi connectivity index (χ4v) is 2.40. The average Bonchev–Trinajstić information content (AvgIpc) is 2.60. The van der Waals surface area contributed by atoms with Gasteiger partial charge in [0.2, 0.25) is 5.91 Å². The largest absolute Gasteiger partial charge is 0.493 e. The topological polar surface area (TPSA) is 47.6 Å². The van der Waals surface area contributed by atoms with Crippen molar-refractivity contribution >= 4 is 5.91 Å². The molecule has 0 saturated carbocycles. The summed E-state index contributed by atoms with van der Waals surface area (Å²) in [5.41, 5.74) is 3.16. The zero-order valence-corrected chi connectivity index (χ0v) is 14.6. The lowest BCUT2D eigenvalue weighted by molar-refractivity contribution is -0.120. The molecular weight excluding hydrogens is 302 g/mol. The van der Waals surface area contributed by atoms with Crippen molar-refractivity contribution < 1.29 is 14.3 Å². The second-order valence-electron chi connectivity index (χ2n) is 5.71. The molecule has 0 heterocycles. The summed E-state index contributed by atoms with van der Waals surface area (Å²) in [6.45, 7) is 5.20. The summed E-state index contributed by atoms with van der Waals surface area (Å²) < 4.78 is 11.0. The monoisotopic (exact) mass is 327 g/mol. The lowest BCUT2D eigenvalue weighted by Crippen LogP contribution is -2.24. The molecule has 2 aromatic carbocycles. The summed E-state index contributed by atoms with van der Waals surface area (Å²) in [7, 11) is 1.62. The second kappa shape index (κ2) is 8.96. The highest BCUT2D eigenvalue weighted by Crippen LogP contribution is 2.28. The molecule has 0 unspecified atom stereocenters. The molecule has 24 heavy (non-hydrogen) atoms. The molecule has 0 aliphatic carbocycles. The first-order valence-electron chi connectivity index (χ1n) is 8.25. The quantitative estimate of drug-likeness (QED) is 0.805. The molecule has 4 heteroatoms. The standard InChI is InChI=1S/C20H25NO3/c1-4-11-24-18-10-9-16(12-19(18)23-3)14-21-20(22)13-17-8-6-5-7-15(17)2/h5-10,12H,4,11,13-14H2,1-3H3,(H,21,22). The van der Waals surface area contributed by atoms with Crippen molar-refractivity contribution in [2.24, 2.45) is 0 Å². The van der Waals surface area contributed by atoms with E-state index in [0.29, 0.717) is 25.3 Å². The third-order valence-corrected chi connectivity index (χ3v) is 3.79. The zero-order valence-electron chi connectivity index (χ0n) is 14.6. The first kappa shape index (κ1) is 17.9. The van der Waals surface area contributed by atoms with Crippen LogP contribution in [0.15, 0.2) is 42.5 Å². The summed E-state index contributed by atoms with van der Waals surface area (Å²) in [6, 6.07) is 13.7. The molecule has 4 nitrogen and oxygen atoms in total. The van der Waals surface area contributed by atoms with E-state index in [-0.39, 0.29) is 5.91 Å². The van der Waals surface area contributed by atoms with Gasteiger partial charge in [0.05, 0.1) is 20.1 Å². The minimum absolute atomic E-state index is 0.00887. The number of amides is 1. The van der Waals surface area contributed by atoms with Gasteiger partial charge in [-0.3, -0.25) is 4.79 Å². The molecule has 2 aromatic rings. The first-order valence-corrected chi connectivity index (χ1v) is 8.25. The predicted octanol–water partition coefficient (Wildman–Crippen LogP) is 3.65. The number of rotatable bonds is 8. The van der Waals surface area contributed by atoms with Crippen LogP contribution >= 0.6 is 0 Å². The maximum atomic E-state index is 12.1. The molecular formula is C20H25NO3. The fourth-order valence-electron chi connectivity index (χ4n) is 2.40. The molecule has 0 aliphatic heterocycles. The summed E-state index contributed by atoms with van der Waals surface area (Å²) >= 11 is 0. The minimum atomic E-state index is 0.00887. The number of carbonyl (C=O) groups is 1. The van der Waals surface area contributed by atoms with Crippen molar-refractivity contribution in [2.75, 3.05) is 13.7 Å². The Morgan fingerprint density at radius 1 is 1.12 bits per heavy atom. The van der Waals surface area contributed by atoms with Crippen LogP contribution in [-0.2, 0) is 17.8 Å². The summed E-state index contributed by atoms with van der Waals surface area (Å²) in [5.74, 6) is 1.43. The Morgan fingerprint density at radius 3 is 2.62 bits per heavy atom. The minimum Gasteiger partial charge on any atom is -0.493 e. The van der Waals surface area contributed by atoms with Crippen molar-refractivity contribution in [3.8, 4) is 11.5 Å². The van der Waals surface area contributed by atoms with E-state index in [1.807, 2.05) is 49.4 Å². The van der Waals surface area contributed by atoms with Gasteiger partial charge in [-0.25, -0.2) is 0 Å². The van der Waals surface area contributed by atoms with E-state index in [1.165, 1.54) is 0 Å². The number of ether oxygens (including phenoxy) is 2. The van der Waals surface area contributed by atoms with Crippen LogP contribution < -0.4 is 14.8 Å². The number of hydrogen-bond donors (Lipinski definition) is 1. The van der Waals surface area contributed by atoms with Crippen molar-refractivity contribution in [1.29, 1.82) is 0 Å². The fraction of sp³-hybridized carbons (Fsp3) is 0.350. The Kier molecular flexibility index (Phi) is 6.67. The molecule has 0 fully saturated rings. The number of benzene rings is 2. The van der Waals surface area contributed by atoms with Crippen LogP contribution in [0.25, 0.3) is 0 Å². The summed E-state index contributed by atoms with van der Waals surface area (Å²) in [6.07, 6.45) is 1.33. The van der Waals surface area contributed by atoms with Crippen molar-refractivity contribution in [3.63, 3.8) is 0 Å². The molecule has 0 aliphatic rings. The molecule has 0 radical (unpaired) electrons. The van der Waals surface area contributed by atoms with E-state index in [1.54, 1.807) is 7.11 Å². The Balaban J connectivity index is 1.93. The van der Waals surface area contributed by atoms with E-state index in [4.69, 9.17) is 9.47 Å². The van der Waals surface area contributed by atoms with Gasteiger partial charge in [0.1, 0.15) is 0 Å². The average molecular weight is 327 g/mol. The Morgan fingerprint density at radius 2 is 1.92 bits per heavy atom. The molecule has 0 aromatic heterocycles. The Bertz CT molecular complexity index is 682. The third kappa shape index (κ3) is 5.01. The molecule has 0 bridgehead atoms. The van der Waals surface area contributed by atoms with Gasteiger partial charge in [-0.1, -0.05) is 37.3 Å². The lowest BCUT2D eigenvalue weighted by atomic mass is 10.1. The van der Waals surface area contributed by atoms with Gasteiger partial charge in [-0.15, -0.1) is 0 Å². The van der Waals surface area contributed by atoms with Gasteiger partial charge < -0.3 is 14.8 Å². The first-order chi connectivity index (χ1) is 11.6. The van der Waals surface area contributed by atoms with E-state index < -0.39 is 0 Å². The van der Waals surface area contributed by atoms with Crippen LogP contribution in [0.1, 0.15) is 30.0 Å². The molecule has 0 saturated heterocycles. The van der Waals surface area contributed by atoms with Crippen LogP contribution in [0.4, 0.5) is 0 Å². The highest BCUT2D eigenvalue weighted by atomic mass is 16.5. The predicted molar refractivity (Wildman–Crippen MR) is 95.5 cm³/mol. The molecule has 2 rings (SSSR count). The normalized spacial score (nSPS) is 10.3. The molecule has 0 spiro atoms. The van der Waals surface area contributed by atoms with Crippen LogP contribution in [0, 0.1) is 6.92 Å². The van der Waals surface area contributed by atoms with Crippen LogP contribution in [0.3, 0.4) is 0 Å². The molecule has 1 amide bonds. The van der Waals surface area contributed by atoms with Crippen molar-refractivity contribution in [1.82, 2.24) is 5.32 Å². The van der Waals surface area contributed by atoms with E-state index >= 15 is 0 Å². The Hall–Kier alpha value is -2.49. The number of nitrogens with one attached hydrogen (secondary N) is 1. The van der Waals surface area contributed by atoms with Gasteiger partial charge in [-0.2, -0.15) is 0 Å². The SMILES string of the molecule is CCCOc1ccc(CNC(=O)Cc2ccccc2C)cc1OC. The van der Waals surface area contributed by atoms with E-state index in [0.717, 1.165) is 28.9 Å². The van der Waals surface area contributed by atoms with Gasteiger partial charge in [0, 0.05) is 6.54 Å². The number of hydrogen-bond acceptors (Lipinski definition) is 3. The lowest BCUT2D eigenvalue weighted by Gasteiger charge is -2.12. The number of methoxy groups -OCH3 is 1. The second-order valence-corrected chi connectivity index (χ2v) is 5.71. The molecule has 128 valence electrons. The zero-order chi connectivity index (χ0) is 17.4. The molecule has 0 atom stereocenters. The highest BCUT2D eigenvalue weighted by Gasteiger charge is 2.08.